The average molecular weight is 417 g/mol. The van der Waals surface area contributed by atoms with Gasteiger partial charge in [-0.15, -0.1) is 0 Å². The summed E-state index contributed by atoms with van der Waals surface area (Å²) in [7, 11) is 0. The standard InChI is InChI=1S/C18H16F5N3O3/c19-7-12(26-16(28)15(20)21)14(27)10-3-1-9(2-4-10)11-5-6-13(25-8-11)18(22,23)17(24)29/h1-6,8,12,14-15,27H,7H2,(H2,24,29)(H,26,28)/t12-,14-/m1/s1. The van der Waals surface area contributed by atoms with E-state index in [0.29, 0.717) is 11.1 Å². The number of hydrogen-bond donors (Lipinski definition) is 3. The zero-order chi connectivity index (χ0) is 21.8. The molecule has 0 unspecified atom stereocenters. The van der Waals surface area contributed by atoms with E-state index in [2.05, 4.69) is 10.7 Å². The number of rotatable bonds is 8. The maximum absolute atomic E-state index is 13.5. The van der Waals surface area contributed by atoms with Crippen LogP contribution in [0, 0.1) is 0 Å². The number of primary amides is 1. The number of nitrogens with zero attached hydrogens (tertiary/aromatic N) is 1. The van der Waals surface area contributed by atoms with Crippen LogP contribution >= 0.6 is 0 Å². The normalized spacial score (nSPS) is 13.8. The predicted molar refractivity (Wildman–Crippen MR) is 91.6 cm³/mol. The Morgan fingerprint density at radius 2 is 1.69 bits per heavy atom. The number of nitrogens with one attached hydrogen (secondary N) is 1. The molecule has 2 amide bonds. The van der Waals surface area contributed by atoms with E-state index in [1.165, 1.54) is 30.3 Å². The topological polar surface area (TPSA) is 105 Å². The van der Waals surface area contributed by atoms with E-state index in [1.807, 2.05) is 0 Å². The van der Waals surface area contributed by atoms with Gasteiger partial charge in [0, 0.05) is 11.8 Å². The van der Waals surface area contributed by atoms with E-state index in [1.54, 1.807) is 5.32 Å². The van der Waals surface area contributed by atoms with E-state index < -0.39 is 48.7 Å². The number of carbonyl (C=O) groups excluding carboxylic acids is 2. The van der Waals surface area contributed by atoms with Crippen molar-refractivity contribution < 1.29 is 36.6 Å². The second kappa shape index (κ2) is 8.95. The summed E-state index contributed by atoms with van der Waals surface area (Å²) in [5, 5.41) is 11.8. The molecule has 156 valence electrons. The summed E-state index contributed by atoms with van der Waals surface area (Å²) in [6.45, 7) is -1.28. The Morgan fingerprint density at radius 3 is 2.14 bits per heavy atom. The Hall–Kier alpha value is -3.08. The molecule has 4 N–H and O–H groups in total. The highest BCUT2D eigenvalue weighted by molar-refractivity contribution is 5.82. The largest absolute Gasteiger partial charge is 0.386 e. The first-order chi connectivity index (χ1) is 13.6. The van der Waals surface area contributed by atoms with Gasteiger partial charge in [0.05, 0.1) is 6.04 Å². The number of benzene rings is 1. The van der Waals surface area contributed by atoms with Gasteiger partial charge >= 0.3 is 12.3 Å². The lowest BCUT2D eigenvalue weighted by Gasteiger charge is -2.22. The van der Waals surface area contributed by atoms with Gasteiger partial charge in [-0.2, -0.15) is 17.6 Å². The molecule has 11 heteroatoms. The minimum Gasteiger partial charge on any atom is -0.386 e. The van der Waals surface area contributed by atoms with Crippen LogP contribution in [-0.2, 0) is 15.5 Å². The van der Waals surface area contributed by atoms with Gasteiger partial charge in [0.15, 0.2) is 0 Å². The maximum atomic E-state index is 13.5. The van der Waals surface area contributed by atoms with E-state index >= 15 is 0 Å². The lowest BCUT2D eigenvalue weighted by molar-refractivity contribution is -0.143. The third-order valence-electron chi connectivity index (χ3n) is 4.05. The number of nitrogens with two attached hydrogens (primary N) is 1. The minimum atomic E-state index is -3.92. The Morgan fingerprint density at radius 1 is 1.10 bits per heavy atom. The summed E-state index contributed by atoms with van der Waals surface area (Å²) >= 11 is 0. The highest BCUT2D eigenvalue weighted by Crippen LogP contribution is 2.28. The van der Waals surface area contributed by atoms with Crippen LogP contribution < -0.4 is 11.1 Å². The van der Waals surface area contributed by atoms with Crippen LogP contribution in [0.5, 0.6) is 0 Å². The Balaban J connectivity index is 2.17. The summed E-state index contributed by atoms with van der Waals surface area (Å²) in [5.74, 6) is -7.46. The van der Waals surface area contributed by atoms with Gasteiger partial charge in [-0.3, -0.25) is 14.6 Å². The zero-order valence-corrected chi connectivity index (χ0v) is 14.7. The first-order valence-corrected chi connectivity index (χ1v) is 8.15. The zero-order valence-electron chi connectivity index (χ0n) is 14.7. The van der Waals surface area contributed by atoms with E-state index in [0.717, 1.165) is 12.3 Å². The lowest BCUT2D eigenvalue weighted by Crippen LogP contribution is -2.43. The van der Waals surface area contributed by atoms with E-state index in [9.17, 15) is 36.6 Å². The van der Waals surface area contributed by atoms with Gasteiger partial charge in [0.2, 0.25) is 0 Å². The molecule has 0 radical (unpaired) electrons. The second-order valence-electron chi connectivity index (χ2n) is 6.01. The Kier molecular flexibility index (Phi) is 6.85. The molecule has 1 aromatic heterocycles. The van der Waals surface area contributed by atoms with Crippen LogP contribution in [0.25, 0.3) is 11.1 Å². The molecule has 1 heterocycles. The molecule has 0 saturated carbocycles. The van der Waals surface area contributed by atoms with Gasteiger partial charge in [-0.25, -0.2) is 4.39 Å². The third kappa shape index (κ3) is 5.05. The van der Waals surface area contributed by atoms with Gasteiger partial charge in [-0.05, 0) is 17.2 Å². The number of halogens is 5. The van der Waals surface area contributed by atoms with Crippen molar-refractivity contribution in [2.45, 2.75) is 24.5 Å². The molecule has 0 aliphatic heterocycles. The van der Waals surface area contributed by atoms with Crippen LogP contribution in [-0.4, -0.2) is 41.0 Å². The van der Waals surface area contributed by atoms with Crippen molar-refractivity contribution in [3.63, 3.8) is 0 Å². The van der Waals surface area contributed by atoms with Crippen molar-refractivity contribution in [3.05, 3.63) is 53.9 Å². The molecule has 0 saturated heterocycles. The number of carbonyl (C=O) groups is 2. The van der Waals surface area contributed by atoms with Crippen LogP contribution in [0.4, 0.5) is 22.0 Å². The molecule has 0 bridgehead atoms. The molecule has 6 nitrogen and oxygen atoms in total. The molecule has 2 rings (SSSR count). The number of aliphatic hydroxyl groups excluding tert-OH is 1. The Bertz CT molecular complexity index is 860. The van der Waals surface area contributed by atoms with Gasteiger partial charge in [0.1, 0.15) is 18.5 Å². The smallest absolute Gasteiger partial charge is 0.365 e. The van der Waals surface area contributed by atoms with Crippen LogP contribution in [0.2, 0.25) is 0 Å². The Labute approximate surface area is 161 Å². The van der Waals surface area contributed by atoms with Crippen LogP contribution in [0.15, 0.2) is 42.6 Å². The molecule has 1 aromatic carbocycles. The maximum Gasteiger partial charge on any atom is 0.365 e. The molecular weight excluding hydrogens is 401 g/mol. The quantitative estimate of drug-likeness (QED) is 0.572. The summed E-state index contributed by atoms with van der Waals surface area (Å²) in [6, 6.07) is 6.24. The first kappa shape index (κ1) is 22.2. The fraction of sp³-hybridized carbons (Fsp3) is 0.278. The molecule has 2 aromatic rings. The summed E-state index contributed by atoms with van der Waals surface area (Å²) in [5.41, 5.74) is 4.82. The van der Waals surface area contributed by atoms with Crippen molar-refractivity contribution in [3.8, 4) is 11.1 Å². The van der Waals surface area contributed by atoms with Crippen molar-refractivity contribution in [1.29, 1.82) is 0 Å². The number of aliphatic hydroxyl groups is 1. The van der Waals surface area contributed by atoms with Crippen LogP contribution in [0.1, 0.15) is 17.4 Å². The van der Waals surface area contributed by atoms with E-state index in [4.69, 9.17) is 0 Å². The van der Waals surface area contributed by atoms with Crippen molar-refractivity contribution in [2.24, 2.45) is 5.73 Å². The molecule has 0 aliphatic carbocycles. The monoisotopic (exact) mass is 417 g/mol. The number of hydrogen-bond acceptors (Lipinski definition) is 4. The molecule has 0 fully saturated rings. The molecule has 29 heavy (non-hydrogen) atoms. The SMILES string of the molecule is NC(=O)C(F)(F)c1ccc(-c2ccc([C@@H](O)[C@@H](CF)NC(=O)C(F)F)cc2)cn1. The first-order valence-electron chi connectivity index (χ1n) is 8.15. The molecule has 0 aliphatic rings. The molecular formula is C18H16F5N3O3. The van der Waals surface area contributed by atoms with Gasteiger partial charge in [-0.1, -0.05) is 30.3 Å². The van der Waals surface area contributed by atoms with Crippen molar-refractivity contribution in [1.82, 2.24) is 10.3 Å². The summed E-state index contributed by atoms with van der Waals surface area (Å²) in [4.78, 5) is 25.3. The highest BCUT2D eigenvalue weighted by atomic mass is 19.3. The van der Waals surface area contributed by atoms with Gasteiger partial charge in [0.25, 0.3) is 11.8 Å². The fourth-order valence-corrected chi connectivity index (χ4v) is 2.43. The highest BCUT2D eigenvalue weighted by Gasteiger charge is 2.40. The number of pyridine rings is 1. The van der Waals surface area contributed by atoms with Crippen molar-refractivity contribution in [2.75, 3.05) is 6.67 Å². The number of amides is 2. The fourth-order valence-electron chi connectivity index (χ4n) is 2.43. The molecule has 0 spiro atoms. The predicted octanol–water partition coefficient (Wildman–Crippen LogP) is 2.08. The van der Waals surface area contributed by atoms with E-state index in [-0.39, 0.29) is 5.56 Å². The molecule has 2 atom stereocenters. The summed E-state index contributed by atoms with van der Waals surface area (Å²) < 4.78 is 64.7. The van der Waals surface area contributed by atoms with Crippen LogP contribution in [0.3, 0.4) is 0 Å². The second-order valence-corrected chi connectivity index (χ2v) is 6.01. The lowest BCUT2D eigenvalue weighted by atomic mass is 9.99. The number of alkyl halides is 5. The number of aromatic nitrogens is 1. The third-order valence-corrected chi connectivity index (χ3v) is 4.05. The summed E-state index contributed by atoms with van der Waals surface area (Å²) in [6.07, 6.45) is -3.85. The minimum absolute atomic E-state index is 0.135. The van der Waals surface area contributed by atoms with Gasteiger partial charge < -0.3 is 16.2 Å². The van der Waals surface area contributed by atoms with Crippen molar-refractivity contribution >= 4 is 11.8 Å². The average Bonchev–Trinajstić information content (AvgIpc) is 2.71.